The molecular weight excluding hydrogens is 222 g/mol. The highest BCUT2D eigenvalue weighted by Gasteiger charge is 2.29. The molecule has 1 aliphatic rings. The van der Waals surface area contributed by atoms with Crippen molar-refractivity contribution >= 4 is 17.7 Å². The summed E-state index contributed by atoms with van der Waals surface area (Å²) >= 11 is 1.74. The van der Waals surface area contributed by atoms with Crippen LogP contribution in [0.3, 0.4) is 0 Å². The molecule has 3 nitrogen and oxygen atoms in total. The summed E-state index contributed by atoms with van der Waals surface area (Å²) in [5.41, 5.74) is 1.89. The number of nitrogens with zero attached hydrogens (tertiary/aromatic N) is 1. The van der Waals surface area contributed by atoms with E-state index in [9.17, 15) is 4.79 Å². The van der Waals surface area contributed by atoms with E-state index in [1.165, 1.54) is 5.56 Å². The predicted octanol–water partition coefficient (Wildman–Crippen LogP) is 1.37. The summed E-state index contributed by atoms with van der Waals surface area (Å²) in [7, 11) is 0. The van der Waals surface area contributed by atoms with Crippen LogP contribution in [0.4, 0.5) is 0 Å². The van der Waals surface area contributed by atoms with Crippen molar-refractivity contribution in [2.75, 3.05) is 19.3 Å². The molecule has 1 N–H and O–H groups in total. The second-order valence-corrected chi connectivity index (χ2v) is 4.86. The van der Waals surface area contributed by atoms with Gasteiger partial charge in [0.1, 0.15) is 0 Å². The lowest BCUT2D eigenvalue weighted by atomic mass is 10.1. The summed E-state index contributed by atoms with van der Waals surface area (Å²) in [6.07, 6.45) is 1.71. The second-order valence-electron chi connectivity index (χ2n) is 4.00. The first-order chi connectivity index (χ1) is 7.70. The van der Waals surface area contributed by atoms with Gasteiger partial charge in [-0.05, 0) is 24.0 Å². The molecule has 0 aliphatic carbocycles. The highest BCUT2D eigenvalue weighted by atomic mass is 32.2. The van der Waals surface area contributed by atoms with E-state index in [-0.39, 0.29) is 12.0 Å². The highest BCUT2D eigenvalue weighted by Crippen LogP contribution is 2.16. The van der Waals surface area contributed by atoms with Crippen molar-refractivity contribution in [1.29, 1.82) is 0 Å². The summed E-state index contributed by atoms with van der Waals surface area (Å²) in [4.78, 5) is 13.6. The minimum Gasteiger partial charge on any atom is -0.389 e. The van der Waals surface area contributed by atoms with Gasteiger partial charge >= 0.3 is 0 Å². The van der Waals surface area contributed by atoms with E-state index in [0.717, 1.165) is 11.3 Å². The van der Waals surface area contributed by atoms with Crippen LogP contribution >= 0.6 is 11.8 Å². The van der Waals surface area contributed by atoms with Gasteiger partial charge in [0.25, 0.3) is 5.91 Å². The summed E-state index contributed by atoms with van der Waals surface area (Å²) in [5.74, 6) is 0.942. The number of aliphatic hydroxyl groups is 1. The van der Waals surface area contributed by atoms with Crippen LogP contribution in [0.5, 0.6) is 0 Å². The zero-order valence-corrected chi connectivity index (χ0v) is 10.0. The van der Waals surface area contributed by atoms with Gasteiger partial charge in [-0.1, -0.05) is 12.1 Å². The fourth-order valence-corrected chi connectivity index (χ4v) is 2.28. The summed E-state index contributed by atoms with van der Waals surface area (Å²) < 4.78 is 0. The molecule has 0 saturated carbocycles. The van der Waals surface area contributed by atoms with Crippen molar-refractivity contribution in [1.82, 2.24) is 4.90 Å². The first kappa shape index (κ1) is 11.5. The third kappa shape index (κ3) is 2.39. The fraction of sp³-hybridized carbons (Fsp3) is 0.417. The molecule has 0 aromatic heterocycles. The van der Waals surface area contributed by atoms with Gasteiger partial charge in [0.2, 0.25) is 0 Å². The van der Waals surface area contributed by atoms with Crippen LogP contribution < -0.4 is 0 Å². The second kappa shape index (κ2) is 4.89. The maximum absolute atomic E-state index is 11.9. The van der Waals surface area contributed by atoms with E-state index < -0.39 is 0 Å². The fourth-order valence-electron chi connectivity index (χ4n) is 1.76. The van der Waals surface area contributed by atoms with Crippen LogP contribution in [-0.2, 0) is 5.75 Å². The average molecular weight is 237 g/mol. The quantitative estimate of drug-likeness (QED) is 0.863. The average Bonchev–Trinajstić information content (AvgIpc) is 2.25. The Morgan fingerprint density at radius 1 is 1.56 bits per heavy atom. The number of hydrogen-bond acceptors (Lipinski definition) is 3. The lowest BCUT2D eigenvalue weighted by molar-refractivity contribution is 0.00589. The maximum atomic E-state index is 11.9. The zero-order valence-electron chi connectivity index (χ0n) is 9.22. The first-order valence-electron chi connectivity index (χ1n) is 5.26. The van der Waals surface area contributed by atoms with E-state index in [2.05, 4.69) is 0 Å². The Balaban J connectivity index is 2.08. The van der Waals surface area contributed by atoms with Gasteiger partial charge in [0, 0.05) is 24.4 Å². The van der Waals surface area contributed by atoms with E-state index in [1.807, 2.05) is 30.5 Å². The Bertz CT molecular complexity index is 388. The Morgan fingerprint density at radius 2 is 2.31 bits per heavy atom. The molecule has 1 aromatic carbocycles. The van der Waals surface area contributed by atoms with Gasteiger partial charge in [-0.15, -0.1) is 0 Å². The van der Waals surface area contributed by atoms with Crippen LogP contribution in [0, 0.1) is 0 Å². The number of hydrogen-bond donors (Lipinski definition) is 1. The molecule has 2 rings (SSSR count). The van der Waals surface area contributed by atoms with Crippen molar-refractivity contribution < 1.29 is 9.90 Å². The molecule has 0 radical (unpaired) electrons. The number of likely N-dealkylation sites (tertiary alicyclic amines) is 1. The minimum absolute atomic E-state index is 0.0215. The van der Waals surface area contributed by atoms with E-state index >= 15 is 0 Å². The number of rotatable bonds is 3. The number of carbonyl (C=O) groups excluding carboxylic acids is 1. The zero-order chi connectivity index (χ0) is 11.5. The molecule has 1 saturated heterocycles. The van der Waals surface area contributed by atoms with Crippen LogP contribution in [0.25, 0.3) is 0 Å². The number of benzene rings is 1. The van der Waals surface area contributed by atoms with Crippen LogP contribution in [-0.4, -0.2) is 41.4 Å². The number of carbonyl (C=O) groups is 1. The normalized spacial score (nSPS) is 16.0. The van der Waals surface area contributed by atoms with Crippen molar-refractivity contribution in [2.45, 2.75) is 11.9 Å². The smallest absolute Gasteiger partial charge is 0.254 e. The SMILES string of the molecule is CSCc1cccc(C(=O)N2CC(O)C2)c1. The Morgan fingerprint density at radius 3 is 2.94 bits per heavy atom. The monoisotopic (exact) mass is 237 g/mol. The Kier molecular flexibility index (Phi) is 3.51. The lowest BCUT2D eigenvalue weighted by Crippen LogP contribution is -2.53. The van der Waals surface area contributed by atoms with E-state index in [4.69, 9.17) is 5.11 Å². The molecular formula is C12H15NO2S. The van der Waals surface area contributed by atoms with Gasteiger partial charge in [-0.25, -0.2) is 0 Å². The summed E-state index contributed by atoms with van der Waals surface area (Å²) in [6.45, 7) is 0.928. The van der Waals surface area contributed by atoms with Crippen LogP contribution in [0.1, 0.15) is 15.9 Å². The molecule has 0 bridgehead atoms. The number of β-amino-alcohol motifs (C(OH)–C–C–N with tert-alkyl or cyclic N) is 1. The Labute approximate surface area is 99.5 Å². The largest absolute Gasteiger partial charge is 0.389 e. The molecule has 0 unspecified atom stereocenters. The standard InChI is InChI=1S/C12H15NO2S/c1-16-8-9-3-2-4-10(5-9)12(15)13-6-11(14)7-13/h2-5,11,14H,6-8H2,1H3. The molecule has 1 aromatic rings. The van der Waals surface area contributed by atoms with Crippen LogP contribution in [0.15, 0.2) is 24.3 Å². The summed E-state index contributed by atoms with van der Waals surface area (Å²) in [5, 5.41) is 9.16. The molecule has 16 heavy (non-hydrogen) atoms. The lowest BCUT2D eigenvalue weighted by Gasteiger charge is -2.35. The molecule has 86 valence electrons. The first-order valence-corrected chi connectivity index (χ1v) is 6.65. The van der Waals surface area contributed by atoms with Crippen molar-refractivity contribution in [2.24, 2.45) is 0 Å². The predicted molar refractivity (Wildman–Crippen MR) is 65.6 cm³/mol. The molecule has 0 spiro atoms. The van der Waals surface area contributed by atoms with Gasteiger partial charge in [-0.3, -0.25) is 4.79 Å². The molecule has 0 atom stereocenters. The Hall–Kier alpha value is -1.00. The maximum Gasteiger partial charge on any atom is 0.254 e. The molecule has 1 aliphatic heterocycles. The van der Waals surface area contributed by atoms with Crippen molar-refractivity contribution in [3.8, 4) is 0 Å². The molecule has 1 amide bonds. The number of aliphatic hydroxyl groups excluding tert-OH is 1. The van der Waals surface area contributed by atoms with Crippen molar-refractivity contribution in [3.63, 3.8) is 0 Å². The number of thioether (sulfide) groups is 1. The molecule has 1 fully saturated rings. The summed E-state index contributed by atoms with van der Waals surface area (Å²) in [6, 6.07) is 7.70. The third-order valence-corrected chi connectivity index (χ3v) is 3.26. The highest BCUT2D eigenvalue weighted by molar-refractivity contribution is 7.97. The molecule has 1 heterocycles. The third-order valence-electron chi connectivity index (χ3n) is 2.63. The van der Waals surface area contributed by atoms with Gasteiger partial charge in [0.15, 0.2) is 0 Å². The van der Waals surface area contributed by atoms with E-state index in [0.29, 0.717) is 13.1 Å². The van der Waals surface area contributed by atoms with Crippen LogP contribution in [0.2, 0.25) is 0 Å². The van der Waals surface area contributed by atoms with Crippen molar-refractivity contribution in [3.05, 3.63) is 35.4 Å². The van der Waals surface area contributed by atoms with Gasteiger partial charge < -0.3 is 10.0 Å². The topological polar surface area (TPSA) is 40.5 Å². The molecule has 4 heteroatoms. The van der Waals surface area contributed by atoms with Gasteiger partial charge in [-0.2, -0.15) is 11.8 Å². The van der Waals surface area contributed by atoms with E-state index in [1.54, 1.807) is 16.7 Å². The number of amides is 1. The van der Waals surface area contributed by atoms with Gasteiger partial charge in [0.05, 0.1) is 6.10 Å². The minimum atomic E-state index is -0.335.